The minimum Gasteiger partial charge on any atom is -0.388 e. The summed E-state index contributed by atoms with van der Waals surface area (Å²) < 4.78 is 1.20. The molecule has 2 aromatic rings. The molecule has 1 N–H and O–H groups in total. The van der Waals surface area contributed by atoms with Crippen molar-refractivity contribution in [1.82, 2.24) is 0 Å². The number of hydrogen-bond acceptors (Lipinski definition) is 1. The Hall–Kier alpha value is -0.580. The van der Waals surface area contributed by atoms with E-state index in [1.54, 1.807) is 0 Å². The highest BCUT2D eigenvalue weighted by Crippen LogP contribution is 2.24. The van der Waals surface area contributed by atoms with Crippen molar-refractivity contribution in [3.63, 3.8) is 0 Å². The van der Waals surface area contributed by atoms with Gasteiger partial charge in [0.2, 0.25) is 0 Å². The molecule has 1 nitrogen and oxygen atoms in total. The van der Waals surface area contributed by atoms with Gasteiger partial charge in [0.1, 0.15) is 0 Å². The molecule has 0 aliphatic heterocycles. The SMILES string of the molecule is Cc1ccc(C(O)Cc2ccc(I)cc2)cc1Cl. The third kappa shape index (κ3) is 3.46. The van der Waals surface area contributed by atoms with Crippen LogP contribution in [0.5, 0.6) is 0 Å². The van der Waals surface area contributed by atoms with Crippen molar-refractivity contribution < 1.29 is 5.11 Å². The molecular formula is C15H14ClIO. The van der Waals surface area contributed by atoms with Crippen molar-refractivity contribution in [2.45, 2.75) is 19.4 Å². The van der Waals surface area contributed by atoms with Crippen molar-refractivity contribution in [1.29, 1.82) is 0 Å². The van der Waals surface area contributed by atoms with Crippen molar-refractivity contribution in [2.24, 2.45) is 0 Å². The highest BCUT2D eigenvalue weighted by molar-refractivity contribution is 14.1. The van der Waals surface area contributed by atoms with Crippen molar-refractivity contribution >= 4 is 34.2 Å². The van der Waals surface area contributed by atoms with Crippen LogP contribution in [0.25, 0.3) is 0 Å². The van der Waals surface area contributed by atoms with Gasteiger partial charge in [-0.25, -0.2) is 0 Å². The van der Waals surface area contributed by atoms with E-state index in [1.165, 1.54) is 3.57 Å². The molecule has 0 aliphatic rings. The molecular weight excluding hydrogens is 359 g/mol. The first kappa shape index (κ1) is 13.8. The Bertz CT molecular complexity index is 537. The van der Waals surface area contributed by atoms with Gasteiger partial charge in [-0.1, -0.05) is 35.9 Å². The van der Waals surface area contributed by atoms with Gasteiger partial charge < -0.3 is 5.11 Å². The lowest BCUT2D eigenvalue weighted by atomic mass is 10.0. The van der Waals surface area contributed by atoms with Crippen LogP contribution < -0.4 is 0 Å². The van der Waals surface area contributed by atoms with E-state index in [9.17, 15) is 5.11 Å². The molecule has 94 valence electrons. The molecule has 0 spiro atoms. The quantitative estimate of drug-likeness (QED) is 0.785. The Morgan fingerprint density at radius 1 is 1.17 bits per heavy atom. The second kappa shape index (κ2) is 6.04. The van der Waals surface area contributed by atoms with Gasteiger partial charge in [-0.05, 0) is 64.4 Å². The van der Waals surface area contributed by atoms with E-state index in [1.807, 2.05) is 49.4 Å². The lowest BCUT2D eigenvalue weighted by molar-refractivity contribution is 0.178. The van der Waals surface area contributed by atoms with Crippen LogP contribution in [-0.2, 0) is 6.42 Å². The van der Waals surface area contributed by atoms with Gasteiger partial charge in [0.15, 0.2) is 0 Å². The first-order valence-electron chi connectivity index (χ1n) is 5.75. The van der Waals surface area contributed by atoms with Crippen molar-refractivity contribution in [3.05, 3.63) is 67.7 Å². The van der Waals surface area contributed by atoms with E-state index >= 15 is 0 Å². The monoisotopic (exact) mass is 372 g/mol. The van der Waals surface area contributed by atoms with Crippen LogP contribution in [-0.4, -0.2) is 5.11 Å². The maximum Gasteiger partial charge on any atom is 0.0830 e. The largest absolute Gasteiger partial charge is 0.388 e. The molecule has 18 heavy (non-hydrogen) atoms. The number of rotatable bonds is 3. The van der Waals surface area contributed by atoms with E-state index in [-0.39, 0.29) is 0 Å². The maximum absolute atomic E-state index is 10.2. The average molecular weight is 373 g/mol. The summed E-state index contributed by atoms with van der Waals surface area (Å²) in [7, 11) is 0. The fourth-order valence-corrected chi connectivity index (χ4v) is 2.33. The van der Waals surface area contributed by atoms with E-state index in [2.05, 4.69) is 22.6 Å². The minimum absolute atomic E-state index is 0.511. The molecule has 0 saturated carbocycles. The third-order valence-electron chi connectivity index (χ3n) is 2.92. The van der Waals surface area contributed by atoms with Crippen LogP contribution in [0, 0.1) is 10.5 Å². The first-order chi connectivity index (χ1) is 8.56. The van der Waals surface area contributed by atoms with Crippen LogP contribution in [0.4, 0.5) is 0 Å². The Balaban J connectivity index is 2.13. The van der Waals surface area contributed by atoms with Crippen LogP contribution in [0.3, 0.4) is 0 Å². The highest BCUT2D eigenvalue weighted by atomic mass is 127. The Morgan fingerprint density at radius 3 is 2.44 bits per heavy atom. The molecule has 2 rings (SSSR count). The first-order valence-corrected chi connectivity index (χ1v) is 7.20. The fourth-order valence-electron chi connectivity index (χ4n) is 1.78. The molecule has 0 amide bonds. The predicted molar refractivity (Wildman–Crippen MR) is 84.0 cm³/mol. The summed E-state index contributed by atoms with van der Waals surface area (Å²) in [5, 5.41) is 10.9. The van der Waals surface area contributed by atoms with Gasteiger partial charge in [0, 0.05) is 15.0 Å². The molecule has 0 fully saturated rings. The Kier molecular flexibility index (Phi) is 4.65. The Labute approximate surface area is 126 Å². The zero-order chi connectivity index (χ0) is 13.1. The number of aliphatic hydroxyl groups is 1. The molecule has 1 atom stereocenters. The number of halogens is 2. The second-order valence-corrected chi connectivity index (χ2v) is 6.01. The number of aryl methyl sites for hydroxylation is 1. The third-order valence-corrected chi connectivity index (χ3v) is 4.05. The summed E-state index contributed by atoms with van der Waals surface area (Å²) in [6.07, 6.45) is 0.0965. The smallest absolute Gasteiger partial charge is 0.0830 e. The predicted octanol–water partition coefficient (Wildman–Crippen LogP) is 4.53. The van der Waals surface area contributed by atoms with E-state index in [0.29, 0.717) is 11.4 Å². The van der Waals surface area contributed by atoms with Crippen molar-refractivity contribution in [3.8, 4) is 0 Å². The highest BCUT2D eigenvalue weighted by Gasteiger charge is 2.09. The summed E-state index contributed by atoms with van der Waals surface area (Å²) in [6, 6.07) is 13.9. The standard InChI is InChI=1S/C15H14ClIO/c1-10-2-5-12(9-14(10)16)15(18)8-11-3-6-13(17)7-4-11/h2-7,9,15,18H,8H2,1H3. The van der Waals surface area contributed by atoms with Crippen LogP contribution in [0.15, 0.2) is 42.5 Å². The molecule has 0 aromatic heterocycles. The average Bonchev–Trinajstić information content (AvgIpc) is 2.35. The zero-order valence-corrected chi connectivity index (χ0v) is 12.9. The number of hydrogen-bond donors (Lipinski definition) is 1. The summed E-state index contributed by atoms with van der Waals surface area (Å²) in [5.41, 5.74) is 3.02. The summed E-state index contributed by atoms with van der Waals surface area (Å²) in [5.74, 6) is 0. The van der Waals surface area contributed by atoms with Crippen LogP contribution >= 0.6 is 34.2 Å². The Morgan fingerprint density at radius 2 is 1.83 bits per heavy atom. The second-order valence-electron chi connectivity index (χ2n) is 4.36. The molecule has 1 unspecified atom stereocenters. The van der Waals surface area contributed by atoms with Crippen LogP contribution in [0.1, 0.15) is 22.8 Å². The molecule has 0 aliphatic carbocycles. The molecule has 3 heteroatoms. The topological polar surface area (TPSA) is 20.2 Å². The summed E-state index contributed by atoms with van der Waals surface area (Å²) in [4.78, 5) is 0. The van der Waals surface area contributed by atoms with Gasteiger partial charge in [0.25, 0.3) is 0 Å². The van der Waals surface area contributed by atoms with Gasteiger partial charge in [-0.15, -0.1) is 0 Å². The molecule has 0 bridgehead atoms. The van der Waals surface area contributed by atoms with Gasteiger partial charge in [0.05, 0.1) is 6.10 Å². The zero-order valence-electron chi connectivity index (χ0n) is 10.0. The lowest BCUT2D eigenvalue weighted by Gasteiger charge is -2.12. The summed E-state index contributed by atoms with van der Waals surface area (Å²) in [6.45, 7) is 1.96. The summed E-state index contributed by atoms with van der Waals surface area (Å²) >= 11 is 8.34. The maximum atomic E-state index is 10.2. The van der Waals surface area contributed by atoms with E-state index in [4.69, 9.17) is 11.6 Å². The lowest BCUT2D eigenvalue weighted by Crippen LogP contribution is -2.02. The molecule has 0 radical (unpaired) electrons. The van der Waals surface area contributed by atoms with Crippen molar-refractivity contribution in [2.75, 3.05) is 0 Å². The fraction of sp³-hybridized carbons (Fsp3) is 0.200. The molecule has 0 heterocycles. The number of benzene rings is 2. The van der Waals surface area contributed by atoms with E-state index < -0.39 is 6.10 Å². The van der Waals surface area contributed by atoms with Gasteiger partial charge in [-0.2, -0.15) is 0 Å². The van der Waals surface area contributed by atoms with Crippen LogP contribution in [0.2, 0.25) is 5.02 Å². The van der Waals surface area contributed by atoms with Gasteiger partial charge in [-0.3, -0.25) is 0 Å². The van der Waals surface area contributed by atoms with Gasteiger partial charge >= 0.3 is 0 Å². The normalized spacial score (nSPS) is 12.4. The molecule has 0 saturated heterocycles. The molecule has 2 aromatic carbocycles. The number of aliphatic hydroxyl groups excluding tert-OH is 1. The minimum atomic E-state index is -0.511. The van der Waals surface area contributed by atoms with E-state index in [0.717, 1.165) is 16.7 Å².